The first kappa shape index (κ1) is 20.0. The Morgan fingerprint density at radius 1 is 1.07 bits per heavy atom. The van der Waals surface area contributed by atoms with E-state index >= 15 is 0 Å². The number of hydrogen-bond acceptors (Lipinski definition) is 7. The van der Waals surface area contributed by atoms with Crippen LogP contribution in [-0.4, -0.2) is 34.9 Å². The Bertz CT molecular complexity index is 1080. The minimum atomic E-state index is -0.457. The van der Waals surface area contributed by atoms with Crippen molar-refractivity contribution in [3.63, 3.8) is 0 Å². The highest BCUT2D eigenvalue weighted by molar-refractivity contribution is 7.14. The number of methoxy groups -OCH3 is 1. The molecule has 2 heterocycles. The number of aromatic nitrogens is 2. The summed E-state index contributed by atoms with van der Waals surface area (Å²) in [5.74, 6) is -1.17. The van der Waals surface area contributed by atoms with Gasteiger partial charge in [-0.15, -0.1) is 11.3 Å². The monoisotopic (exact) mass is 412 g/mol. The average Bonchev–Trinajstić information content (AvgIpc) is 3.14. The first-order valence-corrected chi connectivity index (χ1v) is 9.25. The fraction of sp³-hybridized carbons (Fsp3) is 0.105. The molecule has 0 fully saturated rings. The summed E-state index contributed by atoms with van der Waals surface area (Å²) in [4.78, 5) is 53.4. The topological polar surface area (TPSA) is 130 Å². The number of nitrogens with one attached hydrogen (secondary N) is 3. The molecule has 0 spiro atoms. The number of aromatic amines is 1. The van der Waals surface area contributed by atoms with Gasteiger partial charge in [-0.1, -0.05) is 0 Å². The van der Waals surface area contributed by atoms with Crippen LogP contribution < -0.4 is 16.2 Å². The Morgan fingerprint density at radius 3 is 2.45 bits per heavy atom. The number of H-pyrrole nitrogens is 1. The number of thiazole rings is 1. The standard InChI is InChI=1S/C19H16N4O5S/c1-28-18(27)11-2-5-13(6-3-11)21-16(25)8-14-10-29-19(22-14)23-17(26)12-4-7-15(24)20-9-12/h2-7,9-10H,8H2,1H3,(H,20,24)(H,21,25)(H,22,23,26). The molecule has 3 rings (SSSR count). The molecule has 3 aromatic rings. The first-order chi connectivity index (χ1) is 13.9. The molecule has 10 heteroatoms. The summed E-state index contributed by atoms with van der Waals surface area (Å²) < 4.78 is 4.62. The third-order valence-corrected chi connectivity index (χ3v) is 4.56. The number of benzene rings is 1. The van der Waals surface area contributed by atoms with Gasteiger partial charge in [0, 0.05) is 23.3 Å². The molecule has 0 bridgehead atoms. The van der Waals surface area contributed by atoms with Gasteiger partial charge >= 0.3 is 5.97 Å². The molecule has 3 N–H and O–H groups in total. The van der Waals surface area contributed by atoms with Crippen LogP contribution in [0.5, 0.6) is 0 Å². The highest BCUT2D eigenvalue weighted by Gasteiger charge is 2.12. The number of pyridine rings is 1. The fourth-order valence-corrected chi connectivity index (χ4v) is 3.05. The zero-order valence-corrected chi connectivity index (χ0v) is 16.0. The average molecular weight is 412 g/mol. The van der Waals surface area contributed by atoms with Crippen LogP contribution in [-0.2, 0) is 16.0 Å². The highest BCUT2D eigenvalue weighted by Crippen LogP contribution is 2.17. The summed E-state index contributed by atoms with van der Waals surface area (Å²) in [6, 6.07) is 8.96. The van der Waals surface area contributed by atoms with Gasteiger partial charge < -0.3 is 15.0 Å². The van der Waals surface area contributed by atoms with Crippen LogP contribution in [0.15, 0.2) is 52.8 Å². The van der Waals surface area contributed by atoms with Gasteiger partial charge in [0.1, 0.15) is 0 Å². The lowest BCUT2D eigenvalue weighted by Gasteiger charge is -2.05. The van der Waals surface area contributed by atoms with Crippen molar-refractivity contribution in [3.05, 3.63) is 75.1 Å². The van der Waals surface area contributed by atoms with Crippen molar-refractivity contribution in [3.8, 4) is 0 Å². The van der Waals surface area contributed by atoms with Crippen molar-refractivity contribution in [2.75, 3.05) is 17.7 Å². The maximum atomic E-state index is 12.2. The van der Waals surface area contributed by atoms with Crippen molar-refractivity contribution in [1.82, 2.24) is 9.97 Å². The third kappa shape index (κ3) is 5.36. The van der Waals surface area contributed by atoms with Crippen molar-refractivity contribution < 1.29 is 19.1 Å². The third-order valence-electron chi connectivity index (χ3n) is 3.75. The molecule has 0 aliphatic rings. The molecular formula is C19H16N4O5S. The number of amides is 2. The molecule has 2 amide bonds. The molecule has 0 unspecified atom stereocenters. The van der Waals surface area contributed by atoms with Gasteiger partial charge in [-0.3, -0.25) is 19.7 Å². The van der Waals surface area contributed by atoms with Gasteiger partial charge in [-0.2, -0.15) is 0 Å². The Labute approximate surface area is 168 Å². The Morgan fingerprint density at radius 2 is 1.79 bits per heavy atom. The van der Waals surface area contributed by atoms with Crippen molar-refractivity contribution in [1.29, 1.82) is 0 Å². The quantitative estimate of drug-likeness (QED) is 0.531. The lowest BCUT2D eigenvalue weighted by Crippen LogP contribution is -2.16. The summed E-state index contributed by atoms with van der Waals surface area (Å²) in [7, 11) is 1.29. The predicted molar refractivity (Wildman–Crippen MR) is 107 cm³/mol. The van der Waals surface area contributed by atoms with E-state index in [4.69, 9.17) is 0 Å². The zero-order chi connectivity index (χ0) is 20.8. The molecule has 0 aliphatic heterocycles. The van der Waals surface area contributed by atoms with Crippen LogP contribution in [0, 0.1) is 0 Å². The van der Waals surface area contributed by atoms with E-state index in [2.05, 4.69) is 25.3 Å². The Balaban J connectivity index is 1.56. The first-order valence-electron chi connectivity index (χ1n) is 8.37. The number of carbonyl (C=O) groups is 3. The lowest BCUT2D eigenvalue weighted by atomic mass is 10.2. The molecule has 148 valence electrons. The zero-order valence-electron chi connectivity index (χ0n) is 15.2. The van der Waals surface area contributed by atoms with E-state index in [1.165, 1.54) is 36.8 Å². The van der Waals surface area contributed by atoms with Gasteiger partial charge in [0.2, 0.25) is 11.5 Å². The molecule has 29 heavy (non-hydrogen) atoms. The normalized spacial score (nSPS) is 10.2. The summed E-state index contributed by atoms with van der Waals surface area (Å²) in [6.45, 7) is 0. The number of hydrogen-bond donors (Lipinski definition) is 3. The predicted octanol–water partition coefficient (Wildman–Crippen LogP) is 2.05. The number of rotatable bonds is 6. The van der Waals surface area contributed by atoms with Crippen molar-refractivity contribution >= 4 is 39.9 Å². The van der Waals surface area contributed by atoms with Crippen LogP contribution in [0.2, 0.25) is 0 Å². The fourth-order valence-electron chi connectivity index (χ4n) is 2.34. The summed E-state index contributed by atoms with van der Waals surface area (Å²) in [5.41, 5.74) is 1.39. The Hall–Kier alpha value is -3.79. The SMILES string of the molecule is COC(=O)c1ccc(NC(=O)Cc2csc(NC(=O)c3ccc(=O)[nH]c3)n2)cc1. The molecule has 1 aromatic carbocycles. The van der Waals surface area contributed by atoms with E-state index in [0.717, 1.165) is 0 Å². The molecule has 0 radical (unpaired) electrons. The number of anilines is 2. The minimum absolute atomic E-state index is 0.0176. The molecule has 0 saturated heterocycles. The van der Waals surface area contributed by atoms with Crippen molar-refractivity contribution in [2.45, 2.75) is 6.42 Å². The van der Waals surface area contributed by atoms with Crippen LogP contribution in [0.1, 0.15) is 26.4 Å². The summed E-state index contributed by atoms with van der Waals surface area (Å²) in [6.07, 6.45) is 1.33. The van der Waals surface area contributed by atoms with Gasteiger partial charge in [0.25, 0.3) is 5.91 Å². The maximum Gasteiger partial charge on any atom is 0.337 e. The molecule has 9 nitrogen and oxygen atoms in total. The van der Waals surface area contributed by atoms with Crippen LogP contribution >= 0.6 is 11.3 Å². The van der Waals surface area contributed by atoms with Gasteiger partial charge in [0.05, 0.1) is 30.4 Å². The molecule has 0 aliphatic carbocycles. The Kier molecular flexibility index (Phi) is 6.15. The van der Waals surface area contributed by atoms with E-state index in [1.807, 2.05) is 0 Å². The molecule has 2 aromatic heterocycles. The number of nitrogens with zero attached hydrogens (tertiary/aromatic N) is 1. The second kappa shape index (κ2) is 8.93. The second-order valence-corrected chi connectivity index (χ2v) is 6.69. The highest BCUT2D eigenvalue weighted by atomic mass is 32.1. The smallest absolute Gasteiger partial charge is 0.337 e. The number of esters is 1. The van der Waals surface area contributed by atoms with Crippen LogP contribution in [0.4, 0.5) is 10.8 Å². The van der Waals surface area contributed by atoms with E-state index in [-0.39, 0.29) is 23.5 Å². The number of carbonyl (C=O) groups excluding carboxylic acids is 3. The van der Waals surface area contributed by atoms with Gasteiger partial charge in [-0.25, -0.2) is 9.78 Å². The largest absolute Gasteiger partial charge is 0.465 e. The summed E-state index contributed by atoms with van der Waals surface area (Å²) in [5, 5.41) is 7.33. The molecule has 0 atom stereocenters. The van der Waals surface area contributed by atoms with Gasteiger partial charge in [-0.05, 0) is 30.3 Å². The van der Waals surface area contributed by atoms with E-state index in [1.54, 1.807) is 29.6 Å². The van der Waals surface area contributed by atoms with Crippen LogP contribution in [0.25, 0.3) is 0 Å². The minimum Gasteiger partial charge on any atom is -0.465 e. The van der Waals surface area contributed by atoms with Crippen LogP contribution in [0.3, 0.4) is 0 Å². The number of ether oxygens (including phenoxy) is 1. The van der Waals surface area contributed by atoms with E-state index in [9.17, 15) is 19.2 Å². The van der Waals surface area contributed by atoms with Gasteiger partial charge in [0.15, 0.2) is 5.13 Å². The molecule has 0 saturated carbocycles. The molecular weight excluding hydrogens is 396 g/mol. The van der Waals surface area contributed by atoms with E-state index in [0.29, 0.717) is 22.1 Å². The summed E-state index contributed by atoms with van der Waals surface area (Å²) >= 11 is 1.19. The lowest BCUT2D eigenvalue weighted by molar-refractivity contribution is -0.115. The maximum absolute atomic E-state index is 12.2. The second-order valence-electron chi connectivity index (χ2n) is 5.83. The van der Waals surface area contributed by atoms with E-state index < -0.39 is 11.9 Å². The van der Waals surface area contributed by atoms with Crippen molar-refractivity contribution in [2.24, 2.45) is 0 Å².